The molecule has 0 saturated heterocycles. The van der Waals surface area contributed by atoms with Gasteiger partial charge in [-0.2, -0.15) is 13.2 Å². The van der Waals surface area contributed by atoms with E-state index in [-0.39, 0.29) is 17.3 Å². The van der Waals surface area contributed by atoms with Crippen LogP contribution in [0.25, 0.3) is 0 Å². The van der Waals surface area contributed by atoms with Crippen LogP contribution < -0.4 is 5.32 Å². The van der Waals surface area contributed by atoms with Crippen LogP contribution in [0.5, 0.6) is 0 Å². The molecule has 0 spiro atoms. The molecule has 0 aliphatic heterocycles. The summed E-state index contributed by atoms with van der Waals surface area (Å²) < 4.78 is 38.7. The topological polar surface area (TPSA) is 37.8 Å². The van der Waals surface area contributed by atoms with Gasteiger partial charge in [-0.05, 0) is 25.1 Å². The minimum absolute atomic E-state index is 0.0191. The highest BCUT2D eigenvalue weighted by Gasteiger charge is 2.34. The molecule has 1 aromatic carbocycles. The highest BCUT2D eigenvalue weighted by molar-refractivity contribution is 6.33. The average Bonchev–Trinajstić information content (AvgIpc) is 2.36. The Kier molecular flexibility index (Phi) is 4.13. The quantitative estimate of drug-likeness (QED) is 0.928. The lowest BCUT2D eigenvalue weighted by molar-refractivity contribution is -0.136. The van der Waals surface area contributed by atoms with Crippen LogP contribution in [0.1, 0.15) is 17.1 Å². The van der Waals surface area contributed by atoms with Gasteiger partial charge < -0.3 is 5.32 Å². The highest BCUT2D eigenvalue weighted by Crippen LogP contribution is 2.38. The van der Waals surface area contributed by atoms with E-state index < -0.39 is 11.7 Å². The number of aryl methyl sites for hydroxylation is 1. The molecule has 0 bridgehead atoms. The Balaban J connectivity index is 2.25. The molecule has 106 valence electrons. The maximum absolute atomic E-state index is 12.9. The number of halogens is 4. The predicted octanol–water partition coefficient (Wildman–Crippen LogP) is 4.07. The van der Waals surface area contributed by atoms with Gasteiger partial charge in [-0.25, -0.2) is 9.97 Å². The van der Waals surface area contributed by atoms with Crippen molar-refractivity contribution in [1.29, 1.82) is 0 Å². The van der Waals surface area contributed by atoms with Gasteiger partial charge in [-0.15, -0.1) is 0 Å². The number of nitrogens with zero attached hydrogens (tertiary/aromatic N) is 2. The van der Waals surface area contributed by atoms with Gasteiger partial charge in [-0.1, -0.05) is 17.7 Å². The van der Waals surface area contributed by atoms with Crippen molar-refractivity contribution in [2.24, 2.45) is 0 Å². The van der Waals surface area contributed by atoms with Crippen LogP contribution in [0.15, 0.2) is 30.5 Å². The molecule has 0 unspecified atom stereocenters. The second-order valence-electron chi connectivity index (χ2n) is 4.11. The first kappa shape index (κ1) is 14.6. The third-order valence-electron chi connectivity index (χ3n) is 2.60. The summed E-state index contributed by atoms with van der Waals surface area (Å²) in [4.78, 5) is 8.04. The molecule has 0 atom stereocenters. The van der Waals surface area contributed by atoms with Crippen LogP contribution in [0, 0.1) is 6.92 Å². The van der Waals surface area contributed by atoms with Gasteiger partial charge in [0.15, 0.2) is 0 Å². The second-order valence-corrected chi connectivity index (χ2v) is 4.52. The Hall–Kier alpha value is -1.82. The summed E-state index contributed by atoms with van der Waals surface area (Å²) in [5.41, 5.74) is -0.348. The molecule has 0 radical (unpaired) electrons. The summed E-state index contributed by atoms with van der Waals surface area (Å²) in [6.45, 7) is 1.84. The molecule has 20 heavy (non-hydrogen) atoms. The normalized spacial score (nSPS) is 11.4. The number of alkyl halides is 3. The highest BCUT2D eigenvalue weighted by atomic mass is 35.5. The van der Waals surface area contributed by atoms with Crippen molar-refractivity contribution in [3.8, 4) is 0 Å². The van der Waals surface area contributed by atoms with Gasteiger partial charge in [0, 0.05) is 6.20 Å². The first-order chi connectivity index (χ1) is 9.38. The molecular weight excluding hydrogens is 291 g/mol. The number of rotatable bonds is 3. The summed E-state index contributed by atoms with van der Waals surface area (Å²) in [6.07, 6.45) is -2.91. The Morgan fingerprint density at radius 2 is 2.00 bits per heavy atom. The van der Waals surface area contributed by atoms with Crippen molar-refractivity contribution < 1.29 is 13.2 Å². The molecular formula is C13H11ClF3N3. The fourth-order valence-corrected chi connectivity index (χ4v) is 1.96. The zero-order chi connectivity index (χ0) is 14.8. The maximum Gasteiger partial charge on any atom is 0.418 e. The molecule has 0 aliphatic rings. The van der Waals surface area contributed by atoms with Crippen LogP contribution >= 0.6 is 11.6 Å². The number of nitrogens with one attached hydrogen (secondary N) is 1. The number of aromatic nitrogens is 2. The molecule has 2 aromatic rings. The number of benzene rings is 1. The van der Waals surface area contributed by atoms with Crippen molar-refractivity contribution in [3.05, 3.63) is 52.6 Å². The van der Waals surface area contributed by atoms with Crippen LogP contribution in [0.3, 0.4) is 0 Å². The first-order valence-corrected chi connectivity index (χ1v) is 6.14. The fraction of sp³-hybridized carbons (Fsp3) is 0.231. The van der Waals surface area contributed by atoms with E-state index in [0.717, 1.165) is 6.07 Å². The number of anilines is 1. The third-order valence-corrected chi connectivity index (χ3v) is 2.91. The molecule has 1 N–H and O–H groups in total. The van der Waals surface area contributed by atoms with Crippen molar-refractivity contribution in [3.63, 3.8) is 0 Å². The van der Waals surface area contributed by atoms with E-state index in [2.05, 4.69) is 15.3 Å². The summed E-state index contributed by atoms with van der Waals surface area (Å²) in [5, 5.41) is 2.71. The SMILES string of the molecule is Cc1nccc(CNc2c(Cl)cccc2C(F)(F)F)n1. The minimum Gasteiger partial charge on any atom is -0.378 e. The van der Waals surface area contributed by atoms with Crippen LogP contribution in [0.2, 0.25) is 5.02 Å². The monoisotopic (exact) mass is 301 g/mol. The molecule has 3 nitrogen and oxygen atoms in total. The maximum atomic E-state index is 12.9. The first-order valence-electron chi connectivity index (χ1n) is 5.76. The van der Waals surface area contributed by atoms with E-state index in [4.69, 9.17) is 11.6 Å². The molecule has 0 fully saturated rings. The minimum atomic E-state index is -4.46. The Morgan fingerprint density at radius 1 is 1.25 bits per heavy atom. The Bertz CT molecular complexity index is 614. The van der Waals surface area contributed by atoms with Gasteiger partial charge >= 0.3 is 6.18 Å². The zero-order valence-corrected chi connectivity index (χ0v) is 11.3. The van der Waals surface area contributed by atoms with Crippen LogP contribution in [-0.4, -0.2) is 9.97 Å². The second kappa shape index (κ2) is 5.66. The summed E-state index contributed by atoms with van der Waals surface area (Å²) in [7, 11) is 0. The van der Waals surface area contributed by atoms with Gasteiger partial charge in [-0.3, -0.25) is 0 Å². The van der Waals surface area contributed by atoms with Crippen LogP contribution in [-0.2, 0) is 12.7 Å². The predicted molar refractivity (Wildman–Crippen MR) is 70.5 cm³/mol. The van der Waals surface area contributed by atoms with Crippen LogP contribution in [0.4, 0.5) is 18.9 Å². The van der Waals surface area contributed by atoms with Crippen molar-refractivity contribution >= 4 is 17.3 Å². The van der Waals surface area contributed by atoms with E-state index in [1.807, 2.05) is 0 Å². The van der Waals surface area contributed by atoms with E-state index in [1.54, 1.807) is 19.2 Å². The summed E-state index contributed by atoms with van der Waals surface area (Å²) in [6, 6.07) is 5.29. The fourth-order valence-electron chi connectivity index (χ4n) is 1.72. The lowest BCUT2D eigenvalue weighted by Gasteiger charge is -2.15. The molecule has 1 heterocycles. The molecule has 1 aromatic heterocycles. The van der Waals surface area contributed by atoms with Crippen molar-refractivity contribution in [2.75, 3.05) is 5.32 Å². The molecule has 0 saturated carbocycles. The molecule has 0 aliphatic carbocycles. The number of hydrogen-bond acceptors (Lipinski definition) is 3. The van der Waals surface area contributed by atoms with Crippen molar-refractivity contribution in [2.45, 2.75) is 19.6 Å². The standard InChI is InChI=1S/C13H11ClF3N3/c1-8-18-6-5-9(20-8)7-19-12-10(13(15,16)17)3-2-4-11(12)14/h2-6,19H,7H2,1H3. The van der Waals surface area contributed by atoms with Crippen molar-refractivity contribution in [1.82, 2.24) is 9.97 Å². The molecule has 2 rings (SSSR count). The van der Waals surface area contributed by atoms with Gasteiger partial charge in [0.25, 0.3) is 0 Å². The molecule has 0 amide bonds. The van der Waals surface area contributed by atoms with Gasteiger partial charge in [0.05, 0.1) is 28.5 Å². The molecule has 7 heteroatoms. The van der Waals surface area contributed by atoms with E-state index in [1.165, 1.54) is 12.1 Å². The van der Waals surface area contributed by atoms with Gasteiger partial charge in [0.2, 0.25) is 0 Å². The smallest absolute Gasteiger partial charge is 0.378 e. The van der Waals surface area contributed by atoms with E-state index in [0.29, 0.717) is 11.5 Å². The Labute approximate surface area is 118 Å². The van der Waals surface area contributed by atoms with Gasteiger partial charge in [0.1, 0.15) is 5.82 Å². The number of hydrogen-bond donors (Lipinski definition) is 1. The lowest BCUT2D eigenvalue weighted by atomic mass is 10.1. The zero-order valence-electron chi connectivity index (χ0n) is 10.5. The summed E-state index contributed by atoms with van der Waals surface area (Å²) >= 11 is 5.84. The van der Waals surface area contributed by atoms with E-state index in [9.17, 15) is 13.2 Å². The van der Waals surface area contributed by atoms with E-state index >= 15 is 0 Å². The lowest BCUT2D eigenvalue weighted by Crippen LogP contribution is -2.12. The summed E-state index contributed by atoms with van der Waals surface area (Å²) in [5.74, 6) is 0.555. The average molecular weight is 302 g/mol. The number of para-hydroxylation sites is 1. The Morgan fingerprint density at radius 3 is 2.65 bits per heavy atom. The third kappa shape index (κ3) is 3.39. The largest absolute Gasteiger partial charge is 0.418 e.